The minimum atomic E-state index is -0.256. The monoisotopic (exact) mass is 256 g/mol. The molecule has 0 aliphatic rings. The third kappa shape index (κ3) is 2.20. The molecule has 0 radical (unpaired) electrons. The van der Waals surface area contributed by atoms with Gasteiger partial charge in [0.1, 0.15) is 5.76 Å². The van der Waals surface area contributed by atoms with Crippen molar-refractivity contribution in [3.8, 4) is 0 Å². The van der Waals surface area contributed by atoms with Crippen molar-refractivity contribution in [1.82, 2.24) is 20.5 Å². The van der Waals surface area contributed by atoms with Gasteiger partial charge in [-0.05, 0) is 13.0 Å². The number of carbonyl (C=O) groups excluding carboxylic acids is 1. The van der Waals surface area contributed by atoms with Crippen LogP contribution in [-0.2, 0) is 6.54 Å². The van der Waals surface area contributed by atoms with Crippen molar-refractivity contribution in [2.24, 2.45) is 0 Å². The lowest BCUT2D eigenvalue weighted by Crippen LogP contribution is -2.23. The minimum absolute atomic E-state index is 0.244. The maximum Gasteiger partial charge on any atom is 0.272 e. The van der Waals surface area contributed by atoms with E-state index < -0.39 is 0 Å². The van der Waals surface area contributed by atoms with Gasteiger partial charge >= 0.3 is 0 Å². The van der Waals surface area contributed by atoms with Gasteiger partial charge in [-0.1, -0.05) is 18.2 Å². The van der Waals surface area contributed by atoms with Crippen LogP contribution in [0.4, 0.5) is 0 Å². The Kier molecular flexibility index (Phi) is 2.75. The molecule has 2 aromatic heterocycles. The smallest absolute Gasteiger partial charge is 0.272 e. The molecule has 96 valence electrons. The lowest BCUT2D eigenvalue weighted by Gasteiger charge is -1.99. The molecule has 1 amide bonds. The van der Waals surface area contributed by atoms with E-state index in [0.717, 1.165) is 16.7 Å². The number of H-pyrrole nitrogens is 1. The molecule has 2 heterocycles. The van der Waals surface area contributed by atoms with E-state index >= 15 is 0 Å². The summed E-state index contributed by atoms with van der Waals surface area (Å²) in [5.41, 5.74) is 1.21. The molecule has 3 aromatic rings. The molecule has 6 heteroatoms. The molecular formula is C13H12N4O2. The quantitative estimate of drug-likeness (QED) is 0.748. The zero-order valence-electron chi connectivity index (χ0n) is 10.3. The molecule has 0 unspecified atom stereocenters. The van der Waals surface area contributed by atoms with Crippen molar-refractivity contribution < 1.29 is 9.21 Å². The molecule has 0 fully saturated rings. The maximum absolute atomic E-state index is 12.0. The van der Waals surface area contributed by atoms with E-state index in [-0.39, 0.29) is 12.5 Å². The lowest BCUT2D eigenvalue weighted by molar-refractivity contribution is 0.0943. The molecule has 3 rings (SSSR count). The second-order valence-electron chi connectivity index (χ2n) is 4.17. The van der Waals surface area contributed by atoms with Crippen molar-refractivity contribution in [1.29, 1.82) is 0 Å². The number of aromatic amines is 1. The van der Waals surface area contributed by atoms with Crippen LogP contribution < -0.4 is 5.32 Å². The first-order valence-corrected chi connectivity index (χ1v) is 5.86. The van der Waals surface area contributed by atoms with Gasteiger partial charge in [0.15, 0.2) is 5.69 Å². The van der Waals surface area contributed by atoms with Gasteiger partial charge in [0, 0.05) is 5.39 Å². The van der Waals surface area contributed by atoms with Gasteiger partial charge in [-0.2, -0.15) is 5.10 Å². The van der Waals surface area contributed by atoms with Gasteiger partial charge < -0.3 is 9.73 Å². The number of para-hydroxylation sites is 1. The van der Waals surface area contributed by atoms with Gasteiger partial charge in [-0.25, -0.2) is 4.98 Å². The van der Waals surface area contributed by atoms with Gasteiger partial charge in [0.05, 0.1) is 18.3 Å². The number of benzene rings is 1. The van der Waals surface area contributed by atoms with Crippen molar-refractivity contribution >= 4 is 16.8 Å². The number of nitrogens with zero attached hydrogens (tertiary/aromatic N) is 2. The van der Waals surface area contributed by atoms with Crippen LogP contribution in [0.3, 0.4) is 0 Å². The Morgan fingerprint density at radius 2 is 2.26 bits per heavy atom. The Hall–Kier alpha value is -2.63. The fourth-order valence-electron chi connectivity index (χ4n) is 1.86. The Morgan fingerprint density at radius 1 is 1.42 bits per heavy atom. The summed E-state index contributed by atoms with van der Waals surface area (Å²) < 4.78 is 5.28. The molecule has 2 N–H and O–H groups in total. The number of aryl methyl sites for hydroxylation is 1. The largest absolute Gasteiger partial charge is 0.444 e. The number of fused-ring (bicyclic) bond motifs is 1. The van der Waals surface area contributed by atoms with Gasteiger partial charge in [0.25, 0.3) is 5.91 Å². The first kappa shape index (κ1) is 11.5. The molecule has 0 atom stereocenters. The van der Waals surface area contributed by atoms with Crippen molar-refractivity contribution in [3.05, 3.63) is 47.8 Å². The van der Waals surface area contributed by atoms with Crippen LogP contribution in [0, 0.1) is 6.92 Å². The Balaban J connectivity index is 1.77. The van der Waals surface area contributed by atoms with E-state index in [1.807, 2.05) is 24.3 Å². The fraction of sp³-hybridized carbons (Fsp3) is 0.154. The normalized spacial score (nSPS) is 10.8. The summed E-state index contributed by atoms with van der Waals surface area (Å²) in [4.78, 5) is 16.1. The Bertz CT molecular complexity index is 729. The predicted octanol–water partition coefficient (Wildman–Crippen LogP) is 1.79. The van der Waals surface area contributed by atoms with Crippen LogP contribution in [0.2, 0.25) is 0 Å². The number of hydrogen-bond donors (Lipinski definition) is 2. The van der Waals surface area contributed by atoms with E-state index in [0.29, 0.717) is 11.6 Å². The van der Waals surface area contributed by atoms with Crippen molar-refractivity contribution in [2.45, 2.75) is 13.5 Å². The number of nitrogens with one attached hydrogen (secondary N) is 2. The summed E-state index contributed by atoms with van der Waals surface area (Å²) in [6.45, 7) is 2.05. The summed E-state index contributed by atoms with van der Waals surface area (Å²) in [6.07, 6.45) is 1.62. The molecule has 0 spiro atoms. The second-order valence-corrected chi connectivity index (χ2v) is 4.17. The topological polar surface area (TPSA) is 83.8 Å². The van der Waals surface area contributed by atoms with Crippen LogP contribution in [0.5, 0.6) is 0 Å². The summed E-state index contributed by atoms with van der Waals surface area (Å²) >= 11 is 0. The SMILES string of the molecule is Cc1cnc(CNC(=O)c2n[nH]c3ccccc23)o1. The number of carbonyl (C=O) groups is 1. The maximum atomic E-state index is 12.0. The lowest BCUT2D eigenvalue weighted by atomic mass is 10.2. The summed E-state index contributed by atoms with van der Waals surface area (Å²) in [5, 5.41) is 10.4. The van der Waals surface area contributed by atoms with Crippen molar-refractivity contribution in [3.63, 3.8) is 0 Å². The minimum Gasteiger partial charge on any atom is -0.444 e. The zero-order chi connectivity index (χ0) is 13.2. The Labute approximate surface area is 108 Å². The highest BCUT2D eigenvalue weighted by molar-refractivity contribution is 6.04. The predicted molar refractivity (Wildman–Crippen MR) is 68.5 cm³/mol. The van der Waals surface area contributed by atoms with Gasteiger partial charge in [0.2, 0.25) is 5.89 Å². The molecule has 0 saturated heterocycles. The van der Waals surface area contributed by atoms with Crippen LogP contribution in [0.1, 0.15) is 22.1 Å². The van der Waals surface area contributed by atoms with Crippen LogP contribution in [-0.4, -0.2) is 21.1 Å². The number of hydrogen-bond acceptors (Lipinski definition) is 4. The van der Waals surface area contributed by atoms with E-state index in [2.05, 4.69) is 20.5 Å². The van der Waals surface area contributed by atoms with E-state index in [1.54, 1.807) is 13.1 Å². The van der Waals surface area contributed by atoms with Crippen LogP contribution in [0.25, 0.3) is 10.9 Å². The second kappa shape index (κ2) is 4.56. The first-order valence-electron chi connectivity index (χ1n) is 5.86. The molecular weight excluding hydrogens is 244 g/mol. The molecule has 19 heavy (non-hydrogen) atoms. The number of rotatable bonds is 3. The van der Waals surface area contributed by atoms with E-state index in [4.69, 9.17) is 4.42 Å². The zero-order valence-corrected chi connectivity index (χ0v) is 10.3. The molecule has 0 bridgehead atoms. The average Bonchev–Trinajstić information content (AvgIpc) is 3.02. The highest BCUT2D eigenvalue weighted by Gasteiger charge is 2.14. The van der Waals surface area contributed by atoms with E-state index in [9.17, 15) is 4.79 Å². The van der Waals surface area contributed by atoms with E-state index in [1.165, 1.54) is 0 Å². The highest BCUT2D eigenvalue weighted by Crippen LogP contribution is 2.14. The summed E-state index contributed by atoms with van der Waals surface area (Å²) in [7, 11) is 0. The Morgan fingerprint density at radius 3 is 3.05 bits per heavy atom. The van der Waals surface area contributed by atoms with Crippen LogP contribution in [0.15, 0.2) is 34.9 Å². The third-order valence-electron chi connectivity index (χ3n) is 2.75. The molecule has 1 aromatic carbocycles. The molecule has 0 aliphatic carbocycles. The van der Waals surface area contributed by atoms with Gasteiger partial charge in [-0.15, -0.1) is 0 Å². The number of amides is 1. The summed E-state index contributed by atoms with van der Waals surface area (Å²) in [5.74, 6) is 0.938. The third-order valence-corrected chi connectivity index (χ3v) is 2.75. The molecule has 0 aliphatic heterocycles. The van der Waals surface area contributed by atoms with Gasteiger partial charge in [-0.3, -0.25) is 9.89 Å². The number of aromatic nitrogens is 3. The standard InChI is InChI=1S/C13H12N4O2/c1-8-6-14-11(19-8)7-15-13(18)12-9-4-2-3-5-10(9)16-17-12/h2-6H,7H2,1H3,(H,15,18)(H,16,17). The highest BCUT2D eigenvalue weighted by atomic mass is 16.4. The van der Waals surface area contributed by atoms with Crippen molar-refractivity contribution in [2.75, 3.05) is 0 Å². The first-order chi connectivity index (χ1) is 9.24. The average molecular weight is 256 g/mol. The molecule has 0 saturated carbocycles. The van der Waals surface area contributed by atoms with Crippen LogP contribution >= 0.6 is 0 Å². The summed E-state index contributed by atoms with van der Waals surface area (Å²) in [6, 6.07) is 7.48. The molecule has 6 nitrogen and oxygen atoms in total. The fourth-order valence-corrected chi connectivity index (χ4v) is 1.86. The number of oxazole rings is 1.